The van der Waals surface area contributed by atoms with Crippen LogP contribution in [-0.4, -0.2) is 47.7 Å². The van der Waals surface area contributed by atoms with Crippen LogP contribution in [0.1, 0.15) is 17.2 Å². The van der Waals surface area contributed by atoms with Crippen LogP contribution >= 0.6 is 0 Å². The van der Waals surface area contributed by atoms with Gasteiger partial charge in [0.05, 0.1) is 6.10 Å². The van der Waals surface area contributed by atoms with Crippen LogP contribution in [0.3, 0.4) is 0 Å². The van der Waals surface area contributed by atoms with Crippen LogP contribution in [0.2, 0.25) is 0 Å². The van der Waals surface area contributed by atoms with Gasteiger partial charge in [0.25, 0.3) is 0 Å². The summed E-state index contributed by atoms with van der Waals surface area (Å²) in [5, 5.41) is 11.8. The molecule has 1 fully saturated rings. The van der Waals surface area contributed by atoms with E-state index < -0.39 is 6.10 Å². The quantitative estimate of drug-likeness (QED) is 0.755. The fourth-order valence-electron chi connectivity index (χ4n) is 3.72. The number of nitrogens with zero attached hydrogens (tertiary/aromatic N) is 2. The van der Waals surface area contributed by atoms with Crippen molar-refractivity contribution in [1.82, 2.24) is 9.88 Å². The van der Waals surface area contributed by atoms with E-state index in [1.165, 1.54) is 17.7 Å². The Labute approximate surface area is 152 Å². The van der Waals surface area contributed by atoms with E-state index in [0.717, 1.165) is 48.3 Å². The molecule has 1 aliphatic heterocycles. The number of hydrogen-bond donors (Lipinski definition) is 2. The van der Waals surface area contributed by atoms with Gasteiger partial charge >= 0.3 is 0 Å². The molecule has 3 aromatic rings. The van der Waals surface area contributed by atoms with Gasteiger partial charge in [0.2, 0.25) is 0 Å². The van der Waals surface area contributed by atoms with Gasteiger partial charge in [0.15, 0.2) is 0 Å². The predicted molar refractivity (Wildman–Crippen MR) is 103 cm³/mol. The molecule has 0 saturated carbocycles. The first-order valence-corrected chi connectivity index (χ1v) is 9.09. The summed E-state index contributed by atoms with van der Waals surface area (Å²) in [7, 11) is 0. The lowest BCUT2D eigenvalue weighted by atomic mass is 10.1. The van der Waals surface area contributed by atoms with Gasteiger partial charge < -0.3 is 15.0 Å². The first-order chi connectivity index (χ1) is 12.6. The Morgan fingerprint density at radius 3 is 2.54 bits per heavy atom. The maximum Gasteiger partial charge on any atom is 0.123 e. The summed E-state index contributed by atoms with van der Waals surface area (Å²) in [6.45, 7) is 6.22. The number of fused-ring (bicyclic) bond motifs is 1. The molecular formula is C21H24FN3O. The summed E-state index contributed by atoms with van der Waals surface area (Å²) in [5.74, 6) is -0.204. The van der Waals surface area contributed by atoms with E-state index in [1.54, 1.807) is 0 Å². The molecule has 136 valence electrons. The third kappa shape index (κ3) is 3.45. The minimum absolute atomic E-state index is 0.204. The summed E-state index contributed by atoms with van der Waals surface area (Å²) in [4.78, 5) is 7.80. The number of hydrogen-bond acceptors (Lipinski definition) is 3. The molecule has 0 spiro atoms. The van der Waals surface area contributed by atoms with Crippen molar-refractivity contribution in [3.05, 3.63) is 65.6 Å². The van der Waals surface area contributed by atoms with Crippen molar-refractivity contribution in [1.29, 1.82) is 0 Å². The average Bonchev–Trinajstić information content (AvgIpc) is 3.06. The van der Waals surface area contributed by atoms with Gasteiger partial charge in [-0.25, -0.2) is 4.39 Å². The highest BCUT2D eigenvalue weighted by molar-refractivity contribution is 5.84. The Morgan fingerprint density at radius 1 is 1.08 bits per heavy atom. The number of benzene rings is 2. The topological polar surface area (TPSA) is 42.5 Å². The van der Waals surface area contributed by atoms with E-state index in [2.05, 4.69) is 39.9 Å². The van der Waals surface area contributed by atoms with Crippen LogP contribution in [0.25, 0.3) is 10.9 Å². The molecule has 0 radical (unpaired) electrons. The van der Waals surface area contributed by atoms with Crippen LogP contribution in [0.15, 0.2) is 48.7 Å². The second kappa shape index (κ2) is 7.09. The van der Waals surface area contributed by atoms with Gasteiger partial charge in [-0.2, -0.15) is 0 Å². The number of aromatic amines is 1. The maximum absolute atomic E-state index is 13.1. The van der Waals surface area contributed by atoms with E-state index in [4.69, 9.17) is 0 Å². The fraction of sp³-hybridized carbons (Fsp3) is 0.333. The summed E-state index contributed by atoms with van der Waals surface area (Å²) < 4.78 is 13.1. The van der Waals surface area contributed by atoms with E-state index in [1.807, 2.05) is 18.3 Å². The zero-order valence-electron chi connectivity index (χ0n) is 15.0. The third-order valence-corrected chi connectivity index (χ3v) is 5.22. The van der Waals surface area contributed by atoms with Crippen LogP contribution in [-0.2, 0) is 0 Å². The number of H-pyrrole nitrogens is 1. The van der Waals surface area contributed by atoms with Crippen molar-refractivity contribution >= 4 is 16.6 Å². The Bertz CT molecular complexity index is 882. The molecule has 1 saturated heterocycles. The van der Waals surface area contributed by atoms with Gasteiger partial charge in [-0.1, -0.05) is 11.6 Å². The largest absolute Gasteiger partial charge is 0.387 e. The number of halogens is 1. The molecule has 2 aromatic carbocycles. The summed E-state index contributed by atoms with van der Waals surface area (Å²) in [5.41, 5.74) is 4.27. The molecule has 4 nitrogen and oxygen atoms in total. The molecule has 2 heterocycles. The highest BCUT2D eigenvalue weighted by Crippen LogP contribution is 2.26. The van der Waals surface area contributed by atoms with Crippen molar-refractivity contribution < 1.29 is 9.50 Å². The molecule has 1 atom stereocenters. The lowest BCUT2D eigenvalue weighted by Gasteiger charge is -2.36. The first kappa shape index (κ1) is 17.1. The van der Waals surface area contributed by atoms with Gasteiger partial charge in [0, 0.05) is 61.1 Å². The Morgan fingerprint density at radius 2 is 1.81 bits per heavy atom. The molecule has 0 aliphatic carbocycles. The lowest BCUT2D eigenvalue weighted by Crippen LogP contribution is -2.47. The number of anilines is 1. The monoisotopic (exact) mass is 353 g/mol. The minimum Gasteiger partial charge on any atom is -0.387 e. The maximum atomic E-state index is 13.1. The number of rotatable bonds is 4. The summed E-state index contributed by atoms with van der Waals surface area (Å²) in [6, 6.07) is 12.9. The lowest BCUT2D eigenvalue weighted by molar-refractivity contribution is 0.110. The smallest absolute Gasteiger partial charge is 0.123 e. The minimum atomic E-state index is -0.511. The molecule has 26 heavy (non-hydrogen) atoms. The van der Waals surface area contributed by atoms with Crippen molar-refractivity contribution in [2.45, 2.75) is 13.0 Å². The van der Waals surface area contributed by atoms with E-state index in [-0.39, 0.29) is 5.82 Å². The first-order valence-electron chi connectivity index (χ1n) is 9.09. The molecule has 1 aromatic heterocycles. The van der Waals surface area contributed by atoms with E-state index in [9.17, 15) is 9.50 Å². The van der Waals surface area contributed by atoms with Crippen molar-refractivity contribution in [3.8, 4) is 0 Å². The molecule has 2 N–H and O–H groups in total. The molecular weight excluding hydrogens is 329 g/mol. The van der Waals surface area contributed by atoms with E-state index >= 15 is 0 Å². The number of piperazine rings is 1. The zero-order chi connectivity index (χ0) is 18.1. The molecule has 0 unspecified atom stereocenters. The molecule has 1 aliphatic rings. The highest BCUT2D eigenvalue weighted by atomic mass is 19.1. The number of nitrogens with one attached hydrogen (secondary N) is 1. The van der Waals surface area contributed by atoms with Gasteiger partial charge in [-0.15, -0.1) is 0 Å². The summed E-state index contributed by atoms with van der Waals surface area (Å²) in [6.07, 6.45) is 1.41. The fourth-order valence-corrected chi connectivity index (χ4v) is 3.72. The van der Waals surface area contributed by atoms with Gasteiger partial charge in [-0.05, 0) is 43.3 Å². The van der Waals surface area contributed by atoms with Crippen LogP contribution in [0.5, 0.6) is 0 Å². The van der Waals surface area contributed by atoms with Crippen molar-refractivity contribution in [3.63, 3.8) is 0 Å². The number of β-amino-alcohol motifs (C(OH)–C–C–N with tert-alkyl or cyclic N) is 1. The third-order valence-electron chi connectivity index (χ3n) is 5.22. The Balaban J connectivity index is 1.39. The van der Waals surface area contributed by atoms with Gasteiger partial charge in [-0.3, -0.25) is 4.90 Å². The number of aliphatic hydroxyl groups excluding tert-OH is 1. The van der Waals surface area contributed by atoms with Crippen LogP contribution in [0.4, 0.5) is 10.1 Å². The number of aliphatic hydroxyl groups is 1. The Hall–Kier alpha value is -2.37. The molecule has 0 amide bonds. The van der Waals surface area contributed by atoms with Crippen molar-refractivity contribution in [2.24, 2.45) is 0 Å². The second-order valence-electron chi connectivity index (χ2n) is 7.07. The second-order valence-corrected chi connectivity index (χ2v) is 7.07. The molecule has 0 bridgehead atoms. The zero-order valence-corrected chi connectivity index (χ0v) is 15.0. The Kier molecular flexibility index (Phi) is 4.66. The van der Waals surface area contributed by atoms with Gasteiger partial charge in [0.1, 0.15) is 5.82 Å². The standard InChI is InChI=1S/C21H24FN3O/c1-15-2-7-20-18(12-15)19(13-23-20)21(26)14-24-8-10-25(11-9-24)17-5-3-16(22)4-6-17/h2-7,12-13,21,23,26H,8-11,14H2,1H3/t21-/m1/s1. The van der Waals surface area contributed by atoms with Crippen LogP contribution < -0.4 is 4.90 Å². The normalized spacial score (nSPS) is 17.0. The molecule has 4 rings (SSSR count). The van der Waals surface area contributed by atoms with E-state index in [0.29, 0.717) is 6.54 Å². The average molecular weight is 353 g/mol. The number of aryl methyl sites for hydroxylation is 1. The molecule has 5 heteroatoms. The summed E-state index contributed by atoms with van der Waals surface area (Å²) >= 11 is 0. The SMILES string of the molecule is Cc1ccc2[nH]cc([C@H](O)CN3CCN(c4ccc(F)cc4)CC3)c2c1. The predicted octanol–water partition coefficient (Wildman–Crippen LogP) is 3.47. The van der Waals surface area contributed by atoms with Crippen LogP contribution in [0, 0.1) is 12.7 Å². The van der Waals surface area contributed by atoms with Crippen molar-refractivity contribution in [2.75, 3.05) is 37.6 Å². The highest BCUT2D eigenvalue weighted by Gasteiger charge is 2.21. The number of aromatic nitrogens is 1.